The van der Waals surface area contributed by atoms with Crippen molar-refractivity contribution < 1.29 is 28.5 Å². The molecule has 10 heteroatoms. The van der Waals surface area contributed by atoms with Crippen molar-refractivity contribution in [3.63, 3.8) is 0 Å². The minimum absolute atomic E-state index is 0.244. The predicted molar refractivity (Wildman–Crippen MR) is 166 cm³/mol. The molecule has 5 rings (SSSR count). The Balaban J connectivity index is 1.38. The number of aromatic nitrogens is 1. The Morgan fingerprint density at radius 2 is 1.70 bits per heavy atom. The highest BCUT2D eigenvalue weighted by molar-refractivity contribution is 6.34. The molecule has 0 unspecified atom stereocenters. The van der Waals surface area contributed by atoms with Crippen LogP contribution in [0.2, 0.25) is 5.02 Å². The lowest BCUT2D eigenvalue weighted by Gasteiger charge is -2.12. The molecule has 0 radical (unpaired) electrons. The maximum atomic E-state index is 13.4. The van der Waals surface area contributed by atoms with Crippen LogP contribution >= 0.6 is 11.6 Å². The zero-order valence-electron chi connectivity index (χ0n) is 23.6. The van der Waals surface area contributed by atoms with E-state index in [-0.39, 0.29) is 5.75 Å². The second kappa shape index (κ2) is 13.1. The number of aromatic amines is 1. The third kappa shape index (κ3) is 6.47. The normalized spacial score (nSPS) is 11.0. The lowest BCUT2D eigenvalue weighted by molar-refractivity contribution is 0.0727. The molecule has 0 aliphatic heterocycles. The molecule has 1 amide bonds. The molecule has 0 aliphatic carbocycles. The number of H-pyrrole nitrogens is 1. The van der Waals surface area contributed by atoms with Gasteiger partial charge in [0.25, 0.3) is 5.91 Å². The number of amides is 1. The van der Waals surface area contributed by atoms with Crippen LogP contribution in [0.4, 0.5) is 0 Å². The SMILES string of the molecule is CCOc1cc(C=NNC(=O)c2[nH]c3ccc(OC)cc3c2-c2ccccc2Cl)ccc1OC(=O)c1cccc(OC)c1. The molecule has 218 valence electrons. The molecule has 0 spiro atoms. The minimum atomic E-state index is -0.557. The first kappa shape index (κ1) is 29.2. The van der Waals surface area contributed by atoms with E-state index in [0.29, 0.717) is 56.8 Å². The van der Waals surface area contributed by atoms with Crippen molar-refractivity contribution in [3.8, 4) is 34.1 Å². The smallest absolute Gasteiger partial charge is 0.343 e. The first-order chi connectivity index (χ1) is 20.9. The largest absolute Gasteiger partial charge is 0.497 e. The lowest BCUT2D eigenvalue weighted by Crippen LogP contribution is -2.19. The predicted octanol–water partition coefficient (Wildman–Crippen LogP) is 6.89. The van der Waals surface area contributed by atoms with Gasteiger partial charge in [0.2, 0.25) is 0 Å². The van der Waals surface area contributed by atoms with Crippen LogP contribution in [-0.4, -0.2) is 43.9 Å². The highest BCUT2D eigenvalue weighted by atomic mass is 35.5. The summed E-state index contributed by atoms with van der Waals surface area (Å²) < 4.78 is 21.9. The number of hydrogen-bond acceptors (Lipinski definition) is 7. The van der Waals surface area contributed by atoms with Crippen LogP contribution in [0.1, 0.15) is 33.3 Å². The summed E-state index contributed by atoms with van der Waals surface area (Å²) in [6.07, 6.45) is 1.47. The first-order valence-electron chi connectivity index (χ1n) is 13.3. The Bertz CT molecular complexity index is 1830. The van der Waals surface area contributed by atoms with Gasteiger partial charge in [0, 0.05) is 27.1 Å². The molecule has 0 aliphatic rings. The van der Waals surface area contributed by atoms with Gasteiger partial charge in [0.05, 0.1) is 32.6 Å². The van der Waals surface area contributed by atoms with Crippen LogP contribution in [0, 0.1) is 0 Å². The van der Waals surface area contributed by atoms with Crippen LogP contribution < -0.4 is 24.4 Å². The van der Waals surface area contributed by atoms with Gasteiger partial charge in [-0.15, -0.1) is 0 Å². The van der Waals surface area contributed by atoms with Gasteiger partial charge in [0.1, 0.15) is 17.2 Å². The summed E-state index contributed by atoms with van der Waals surface area (Å²) in [5.41, 5.74) is 5.89. The van der Waals surface area contributed by atoms with Gasteiger partial charge < -0.3 is 23.9 Å². The van der Waals surface area contributed by atoms with Gasteiger partial charge >= 0.3 is 5.97 Å². The number of halogens is 1. The monoisotopic (exact) mass is 597 g/mol. The molecule has 0 atom stereocenters. The van der Waals surface area contributed by atoms with Gasteiger partial charge in [-0.3, -0.25) is 4.79 Å². The Morgan fingerprint density at radius 1 is 0.907 bits per heavy atom. The fourth-order valence-corrected chi connectivity index (χ4v) is 4.73. The summed E-state index contributed by atoms with van der Waals surface area (Å²) in [6.45, 7) is 2.16. The number of fused-ring (bicyclic) bond motifs is 1. The van der Waals surface area contributed by atoms with Crippen molar-refractivity contribution in [3.05, 3.63) is 107 Å². The fourth-order valence-electron chi connectivity index (χ4n) is 4.50. The molecule has 0 saturated heterocycles. The van der Waals surface area contributed by atoms with E-state index >= 15 is 0 Å². The quantitative estimate of drug-likeness (QED) is 0.0785. The Kier molecular flexibility index (Phi) is 8.93. The van der Waals surface area contributed by atoms with Crippen molar-refractivity contribution >= 4 is 40.6 Å². The number of nitrogens with zero attached hydrogens (tertiary/aromatic N) is 1. The molecule has 0 fully saturated rings. The van der Waals surface area contributed by atoms with E-state index in [1.807, 2.05) is 43.3 Å². The Morgan fingerprint density at radius 3 is 2.47 bits per heavy atom. The van der Waals surface area contributed by atoms with E-state index in [2.05, 4.69) is 15.5 Å². The van der Waals surface area contributed by atoms with Crippen LogP contribution in [0.3, 0.4) is 0 Å². The molecule has 0 saturated carbocycles. The number of hydrogen-bond donors (Lipinski definition) is 2. The second-order valence-corrected chi connectivity index (χ2v) is 9.63. The van der Waals surface area contributed by atoms with Crippen LogP contribution in [0.15, 0.2) is 90.0 Å². The van der Waals surface area contributed by atoms with E-state index in [0.717, 1.165) is 10.9 Å². The Hall–Kier alpha value is -5.28. The average molecular weight is 598 g/mol. The van der Waals surface area contributed by atoms with E-state index in [9.17, 15) is 9.59 Å². The third-order valence-electron chi connectivity index (χ3n) is 6.53. The molecule has 1 heterocycles. The van der Waals surface area contributed by atoms with Crippen molar-refractivity contribution in [1.29, 1.82) is 0 Å². The number of carbonyl (C=O) groups excluding carboxylic acids is 2. The molecule has 5 aromatic rings. The Labute approximate surface area is 253 Å². The van der Waals surface area contributed by atoms with E-state index in [1.165, 1.54) is 13.3 Å². The van der Waals surface area contributed by atoms with Gasteiger partial charge in [-0.2, -0.15) is 5.10 Å². The van der Waals surface area contributed by atoms with Crippen LogP contribution in [0.5, 0.6) is 23.0 Å². The third-order valence-corrected chi connectivity index (χ3v) is 6.86. The molecule has 0 bridgehead atoms. The zero-order chi connectivity index (χ0) is 30.3. The summed E-state index contributed by atoms with van der Waals surface area (Å²) in [5, 5.41) is 5.44. The molecule has 2 N–H and O–H groups in total. The van der Waals surface area contributed by atoms with E-state index in [4.69, 9.17) is 30.5 Å². The number of benzene rings is 4. The maximum Gasteiger partial charge on any atom is 0.343 e. The highest BCUT2D eigenvalue weighted by Crippen LogP contribution is 2.38. The number of ether oxygens (including phenoxy) is 4. The summed E-state index contributed by atoms with van der Waals surface area (Å²) in [7, 11) is 3.11. The van der Waals surface area contributed by atoms with Crippen LogP contribution in [-0.2, 0) is 0 Å². The van der Waals surface area contributed by atoms with Gasteiger partial charge in [-0.1, -0.05) is 35.9 Å². The molecule has 1 aromatic heterocycles. The number of carbonyl (C=O) groups is 2. The van der Waals surface area contributed by atoms with Crippen molar-refractivity contribution in [2.24, 2.45) is 5.10 Å². The van der Waals surface area contributed by atoms with Gasteiger partial charge in [0.15, 0.2) is 11.5 Å². The molecule has 43 heavy (non-hydrogen) atoms. The van der Waals surface area contributed by atoms with Crippen LogP contribution in [0.25, 0.3) is 22.0 Å². The molecule has 4 aromatic carbocycles. The highest BCUT2D eigenvalue weighted by Gasteiger charge is 2.21. The molecular weight excluding hydrogens is 570 g/mol. The lowest BCUT2D eigenvalue weighted by atomic mass is 10.0. The number of nitrogens with one attached hydrogen (secondary N) is 2. The summed E-state index contributed by atoms with van der Waals surface area (Å²) in [4.78, 5) is 29.3. The van der Waals surface area contributed by atoms with Gasteiger partial charge in [-0.05, 0) is 73.2 Å². The number of hydrazone groups is 1. The second-order valence-electron chi connectivity index (χ2n) is 9.23. The number of methoxy groups -OCH3 is 2. The fraction of sp³-hybridized carbons (Fsp3) is 0.121. The summed E-state index contributed by atoms with van der Waals surface area (Å²) in [6, 6.07) is 24.4. The van der Waals surface area contributed by atoms with Crippen molar-refractivity contribution in [2.75, 3.05) is 20.8 Å². The number of esters is 1. The molecule has 9 nitrogen and oxygen atoms in total. The van der Waals surface area contributed by atoms with Gasteiger partial charge in [-0.25, -0.2) is 10.2 Å². The zero-order valence-corrected chi connectivity index (χ0v) is 24.4. The summed E-state index contributed by atoms with van der Waals surface area (Å²) in [5.74, 6) is 0.758. The van der Waals surface area contributed by atoms with Crippen molar-refractivity contribution in [1.82, 2.24) is 10.4 Å². The van der Waals surface area contributed by atoms with Crippen molar-refractivity contribution in [2.45, 2.75) is 6.92 Å². The average Bonchev–Trinajstić information content (AvgIpc) is 3.41. The topological polar surface area (TPSA) is 111 Å². The maximum absolute atomic E-state index is 13.4. The van der Waals surface area contributed by atoms with E-state index in [1.54, 1.807) is 55.6 Å². The first-order valence-corrected chi connectivity index (χ1v) is 13.7. The minimum Gasteiger partial charge on any atom is -0.497 e. The molecular formula is C33H28ClN3O6. The van der Waals surface area contributed by atoms with E-state index < -0.39 is 11.9 Å². The number of rotatable bonds is 10. The summed E-state index contributed by atoms with van der Waals surface area (Å²) >= 11 is 6.53. The standard InChI is InChI=1S/C33H28ClN3O6/c1-4-42-29-16-20(12-15-28(29)43-33(39)21-8-7-9-22(17-21)40-2)19-35-37-32(38)31-30(24-10-5-6-11-26(24)34)25-18-23(41-3)13-14-27(25)36-31/h5-19,36H,4H2,1-3H3,(H,37,38).